The van der Waals surface area contributed by atoms with Crippen molar-refractivity contribution in [3.63, 3.8) is 0 Å². The number of carbonyl (C=O) groups is 1. The van der Waals surface area contributed by atoms with Crippen LogP contribution in [-0.2, 0) is 4.79 Å². The minimum Gasteiger partial charge on any atom is -0.325 e. The number of carbonyl (C=O) groups excluding carboxylic acids is 1. The van der Waals surface area contributed by atoms with Crippen molar-refractivity contribution in [3.8, 4) is 5.69 Å². The summed E-state index contributed by atoms with van der Waals surface area (Å²) in [5.41, 5.74) is 6.43. The molecule has 1 heterocycles. The molecule has 0 spiro atoms. The smallest absolute Gasteiger partial charge is 0.241 e. The Balaban J connectivity index is 2.16. The van der Waals surface area contributed by atoms with Crippen molar-refractivity contribution in [1.29, 1.82) is 0 Å². The van der Waals surface area contributed by atoms with E-state index in [0.29, 0.717) is 11.4 Å². The van der Waals surface area contributed by atoms with Crippen LogP contribution in [0.15, 0.2) is 36.7 Å². The summed E-state index contributed by atoms with van der Waals surface area (Å²) in [4.78, 5) is 11.8. The van der Waals surface area contributed by atoms with E-state index < -0.39 is 11.9 Å². The Kier molecular flexibility index (Phi) is 4.14. The fourth-order valence-electron chi connectivity index (χ4n) is 1.71. The number of aromatic nitrogens is 2. The van der Waals surface area contributed by atoms with Gasteiger partial charge in [-0.1, -0.05) is 13.8 Å². The molecule has 3 N–H and O–H groups in total. The fraction of sp³-hybridized carbons (Fsp3) is 0.286. The number of nitrogens with zero attached hydrogens (tertiary/aromatic N) is 2. The number of hydrogen-bond donors (Lipinski definition) is 2. The molecule has 1 aromatic heterocycles. The maximum Gasteiger partial charge on any atom is 0.241 e. The van der Waals surface area contributed by atoms with Crippen molar-refractivity contribution in [1.82, 2.24) is 9.78 Å². The average molecular weight is 276 g/mol. The van der Waals surface area contributed by atoms with Crippen molar-refractivity contribution in [2.24, 2.45) is 11.7 Å². The molecule has 5 nitrogen and oxygen atoms in total. The minimum atomic E-state index is -0.621. The molecule has 0 bridgehead atoms. The van der Waals surface area contributed by atoms with Gasteiger partial charge in [-0.05, 0) is 30.2 Å². The number of rotatable bonds is 4. The zero-order chi connectivity index (χ0) is 14.7. The maximum atomic E-state index is 14.0. The van der Waals surface area contributed by atoms with E-state index in [9.17, 15) is 9.18 Å². The lowest BCUT2D eigenvalue weighted by Gasteiger charge is -2.15. The second-order valence-electron chi connectivity index (χ2n) is 4.88. The van der Waals surface area contributed by atoms with Gasteiger partial charge in [0.15, 0.2) is 5.82 Å². The first-order chi connectivity index (χ1) is 9.49. The quantitative estimate of drug-likeness (QED) is 0.896. The predicted molar refractivity (Wildman–Crippen MR) is 75.0 cm³/mol. The number of anilines is 1. The van der Waals surface area contributed by atoms with Crippen LogP contribution in [0.1, 0.15) is 13.8 Å². The van der Waals surface area contributed by atoms with E-state index in [1.54, 1.807) is 30.6 Å². The summed E-state index contributed by atoms with van der Waals surface area (Å²) in [6, 6.07) is 5.51. The van der Waals surface area contributed by atoms with E-state index in [1.165, 1.54) is 10.7 Å². The Morgan fingerprint density at radius 1 is 1.45 bits per heavy atom. The number of benzene rings is 1. The molecule has 0 fully saturated rings. The SMILES string of the molecule is CC(C)[C@H](N)C(=O)Nc1ccc(-n2cccn2)c(F)c1. The first-order valence-electron chi connectivity index (χ1n) is 6.35. The molecule has 0 aliphatic rings. The second-order valence-corrected chi connectivity index (χ2v) is 4.88. The minimum absolute atomic E-state index is 0.0168. The first-order valence-corrected chi connectivity index (χ1v) is 6.35. The van der Waals surface area contributed by atoms with Gasteiger partial charge < -0.3 is 11.1 Å². The largest absolute Gasteiger partial charge is 0.325 e. The van der Waals surface area contributed by atoms with Crippen molar-refractivity contribution >= 4 is 11.6 Å². The number of nitrogens with one attached hydrogen (secondary N) is 1. The molecule has 0 aliphatic carbocycles. The summed E-state index contributed by atoms with van der Waals surface area (Å²) in [7, 11) is 0. The number of amides is 1. The Bertz CT molecular complexity index is 595. The highest BCUT2D eigenvalue weighted by Gasteiger charge is 2.17. The average Bonchev–Trinajstić information content (AvgIpc) is 2.91. The fourth-order valence-corrected chi connectivity index (χ4v) is 1.71. The molecular weight excluding hydrogens is 259 g/mol. The molecule has 2 aromatic rings. The van der Waals surface area contributed by atoms with Crippen LogP contribution in [0.4, 0.5) is 10.1 Å². The molecule has 0 saturated carbocycles. The van der Waals surface area contributed by atoms with Crippen LogP contribution in [-0.4, -0.2) is 21.7 Å². The molecule has 0 unspecified atom stereocenters. The van der Waals surface area contributed by atoms with Crippen LogP contribution in [0.5, 0.6) is 0 Å². The van der Waals surface area contributed by atoms with E-state index in [2.05, 4.69) is 10.4 Å². The molecule has 0 saturated heterocycles. The molecule has 1 atom stereocenters. The van der Waals surface area contributed by atoms with Gasteiger partial charge in [-0.25, -0.2) is 9.07 Å². The van der Waals surface area contributed by atoms with Gasteiger partial charge >= 0.3 is 0 Å². The van der Waals surface area contributed by atoms with Gasteiger partial charge in [0, 0.05) is 18.1 Å². The molecule has 0 aliphatic heterocycles. The van der Waals surface area contributed by atoms with E-state index in [0.717, 1.165) is 0 Å². The van der Waals surface area contributed by atoms with Gasteiger partial charge in [0.25, 0.3) is 0 Å². The normalized spacial score (nSPS) is 12.4. The summed E-state index contributed by atoms with van der Waals surface area (Å²) in [5, 5.41) is 6.56. The summed E-state index contributed by atoms with van der Waals surface area (Å²) < 4.78 is 15.4. The lowest BCUT2D eigenvalue weighted by molar-refractivity contribution is -0.118. The van der Waals surface area contributed by atoms with Gasteiger partial charge in [-0.3, -0.25) is 4.79 Å². The van der Waals surface area contributed by atoms with Crippen LogP contribution >= 0.6 is 0 Å². The van der Waals surface area contributed by atoms with Crippen LogP contribution in [0.3, 0.4) is 0 Å². The summed E-state index contributed by atoms with van der Waals surface area (Å²) in [6.45, 7) is 3.71. The topological polar surface area (TPSA) is 72.9 Å². The highest BCUT2D eigenvalue weighted by Crippen LogP contribution is 2.18. The van der Waals surface area contributed by atoms with Crippen molar-refractivity contribution in [3.05, 3.63) is 42.5 Å². The standard InChI is InChI=1S/C14H17FN4O/c1-9(2)13(16)14(20)18-10-4-5-12(11(15)8-10)19-7-3-6-17-19/h3-9,13H,16H2,1-2H3,(H,18,20)/t13-/m0/s1. The molecular formula is C14H17FN4O. The van der Waals surface area contributed by atoms with E-state index in [1.807, 2.05) is 13.8 Å². The summed E-state index contributed by atoms with van der Waals surface area (Å²) >= 11 is 0. The summed E-state index contributed by atoms with van der Waals surface area (Å²) in [5.74, 6) is -0.779. The molecule has 106 valence electrons. The van der Waals surface area contributed by atoms with Gasteiger partial charge in [0.2, 0.25) is 5.91 Å². The summed E-state index contributed by atoms with van der Waals surface area (Å²) in [6.07, 6.45) is 3.21. The third-order valence-corrected chi connectivity index (χ3v) is 2.99. The molecule has 2 rings (SSSR count). The van der Waals surface area contributed by atoms with Crippen LogP contribution < -0.4 is 11.1 Å². The zero-order valence-corrected chi connectivity index (χ0v) is 11.4. The molecule has 1 amide bonds. The lowest BCUT2D eigenvalue weighted by Crippen LogP contribution is -2.39. The van der Waals surface area contributed by atoms with Crippen LogP contribution in [0, 0.1) is 11.7 Å². The van der Waals surface area contributed by atoms with Crippen molar-refractivity contribution in [2.45, 2.75) is 19.9 Å². The van der Waals surface area contributed by atoms with E-state index in [-0.39, 0.29) is 11.8 Å². The molecule has 6 heteroatoms. The third-order valence-electron chi connectivity index (χ3n) is 2.99. The maximum absolute atomic E-state index is 14.0. The third kappa shape index (κ3) is 3.03. The Labute approximate surface area is 116 Å². The van der Waals surface area contributed by atoms with Crippen LogP contribution in [0.2, 0.25) is 0 Å². The van der Waals surface area contributed by atoms with Gasteiger partial charge in [0.1, 0.15) is 5.69 Å². The van der Waals surface area contributed by atoms with Crippen molar-refractivity contribution in [2.75, 3.05) is 5.32 Å². The Morgan fingerprint density at radius 3 is 2.75 bits per heavy atom. The number of hydrogen-bond acceptors (Lipinski definition) is 3. The monoisotopic (exact) mass is 276 g/mol. The Hall–Kier alpha value is -2.21. The highest BCUT2D eigenvalue weighted by atomic mass is 19.1. The molecule has 20 heavy (non-hydrogen) atoms. The van der Waals surface area contributed by atoms with Crippen LogP contribution in [0.25, 0.3) is 5.69 Å². The first kappa shape index (κ1) is 14.2. The lowest BCUT2D eigenvalue weighted by atomic mass is 10.0. The highest BCUT2D eigenvalue weighted by molar-refractivity contribution is 5.94. The Morgan fingerprint density at radius 2 is 2.20 bits per heavy atom. The number of halogens is 1. The van der Waals surface area contributed by atoms with Gasteiger partial charge in [-0.2, -0.15) is 5.10 Å². The van der Waals surface area contributed by atoms with E-state index in [4.69, 9.17) is 5.73 Å². The van der Waals surface area contributed by atoms with E-state index >= 15 is 0 Å². The number of nitrogens with two attached hydrogens (primary N) is 1. The van der Waals surface area contributed by atoms with Crippen molar-refractivity contribution < 1.29 is 9.18 Å². The molecule has 0 radical (unpaired) electrons. The van der Waals surface area contributed by atoms with Gasteiger partial charge in [0.05, 0.1) is 6.04 Å². The zero-order valence-electron chi connectivity index (χ0n) is 11.4. The van der Waals surface area contributed by atoms with Gasteiger partial charge in [-0.15, -0.1) is 0 Å². The second kappa shape index (κ2) is 5.83. The predicted octanol–water partition coefficient (Wildman–Crippen LogP) is 1.93. The molecule has 1 aromatic carbocycles.